The number of halogens is 1. The minimum Gasteiger partial charge on any atom is -0.496 e. The fourth-order valence-corrected chi connectivity index (χ4v) is 4.17. The quantitative estimate of drug-likeness (QED) is 0.340. The van der Waals surface area contributed by atoms with Gasteiger partial charge < -0.3 is 24.5 Å². The van der Waals surface area contributed by atoms with Crippen LogP contribution in [0.4, 0.5) is 0 Å². The maximum Gasteiger partial charge on any atom is 0.131 e. The Bertz CT molecular complexity index is 1160. The molecule has 4 aromatic rings. The van der Waals surface area contributed by atoms with Crippen molar-refractivity contribution < 1.29 is 14.2 Å². The summed E-state index contributed by atoms with van der Waals surface area (Å²) in [5.41, 5.74) is 4.40. The Hall–Kier alpha value is -3.15. The number of para-hydroxylation sites is 1. The second kappa shape index (κ2) is 9.98. The van der Waals surface area contributed by atoms with E-state index < -0.39 is 0 Å². The van der Waals surface area contributed by atoms with Crippen LogP contribution in [0.1, 0.15) is 22.7 Å². The molecule has 1 atom stereocenters. The van der Waals surface area contributed by atoms with Gasteiger partial charge in [-0.25, -0.2) is 0 Å². The van der Waals surface area contributed by atoms with Crippen LogP contribution in [0.3, 0.4) is 0 Å². The minimum absolute atomic E-state index is 0.159. The SMILES string of the molecule is COc1cc(OC)c(C(NCCc2c[nH]c3ccccc23)c2ccc(Cl)cc2)c(OC)c1. The molecule has 3 aromatic carbocycles. The highest BCUT2D eigenvalue weighted by Crippen LogP contribution is 2.41. The zero-order chi connectivity index (χ0) is 22.5. The summed E-state index contributed by atoms with van der Waals surface area (Å²) in [7, 11) is 4.94. The molecule has 0 saturated heterocycles. The van der Waals surface area contributed by atoms with E-state index in [1.807, 2.05) is 42.5 Å². The van der Waals surface area contributed by atoms with Crippen molar-refractivity contribution in [3.05, 3.63) is 88.6 Å². The third kappa shape index (κ3) is 4.54. The van der Waals surface area contributed by atoms with Crippen LogP contribution in [-0.2, 0) is 6.42 Å². The van der Waals surface area contributed by atoms with Gasteiger partial charge in [-0.05, 0) is 35.7 Å². The highest BCUT2D eigenvalue weighted by Gasteiger charge is 2.24. The van der Waals surface area contributed by atoms with Gasteiger partial charge >= 0.3 is 0 Å². The van der Waals surface area contributed by atoms with E-state index in [-0.39, 0.29) is 6.04 Å². The van der Waals surface area contributed by atoms with Gasteiger partial charge in [0.25, 0.3) is 0 Å². The summed E-state index contributed by atoms with van der Waals surface area (Å²) in [6, 6.07) is 19.8. The van der Waals surface area contributed by atoms with Crippen molar-refractivity contribution in [3.63, 3.8) is 0 Å². The van der Waals surface area contributed by atoms with Crippen LogP contribution in [-0.4, -0.2) is 32.9 Å². The summed E-state index contributed by atoms with van der Waals surface area (Å²) in [5.74, 6) is 2.07. The lowest BCUT2D eigenvalue weighted by atomic mass is 9.96. The lowest BCUT2D eigenvalue weighted by Gasteiger charge is -2.25. The van der Waals surface area contributed by atoms with Crippen LogP contribution in [0.15, 0.2) is 66.9 Å². The molecule has 0 bridgehead atoms. The number of nitrogens with one attached hydrogen (secondary N) is 2. The van der Waals surface area contributed by atoms with Crippen LogP contribution >= 0.6 is 11.6 Å². The highest BCUT2D eigenvalue weighted by molar-refractivity contribution is 6.30. The van der Waals surface area contributed by atoms with Gasteiger partial charge in [-0.1, -0.05) is 41.9 Å². The summed E-state index contributed by atoms with van der Waals surface area (Å²) in [4.78, 5) is 3.35. The first-order valence-electron chi connectivity index (χ1n) is 10.5. The molecule has 0 amide bonds. The molecule has 166 valence electrons. The fourth-order valence-electron chi connectivity index (χ4n) is 4.05. The number of rotatable bonds is 9. The summed E-state index contributed by atoms with van der Waals surface area (Å²) in [6.45, 7) is 0.757. The molecule has 0 spiro atoms. The minimum atomic E-state index is -0.159. The van der Waals surface area contributed by atoms with E-state index >= 15 is 0 Å². The summed E-state index contributed by atoms with van der Waals surface area (Å²) in [6.07, 6.45) is 2.95. The predicted molar refractivity (Wildman–Crippen MR) is 129 cm³/mol. The Morgan fingerprint density at radius 1 is 0.906 bits per heavy atom. The van der Waals surface area contributed by atoms with Gasteiger partial charge in [-0.2, -0.15) is 0 Å². The number of ether oxygens (including phenoxy) is 3. The number of H-pyrrole nitrogens is 1. The van der Waals surface area contributed by atoms with Crippen molar-refractivity contribution >= 4 is 22.5 Å². The molecule has 1 heterocycles. The molecule has 32 heavy (non-hydrogen) atoms. The molecule has 4 rings (SSSR count). The number of hydrogen-bond acceptors (Lipinski definition) is 4. The van der Waals surface area contributed by atoms with E-state index in [1.54, 1.807) is 21.3 Å². The molecule has 1 unspecified atom stereocenters. The monoisotopic (exact) mass is 450 g/mol. The molecule has 0 saturated carbocycles. The Morgan fingerprint density at radius 3 is 2.25 bits per heavy atom. The first-order valence-corrected chi connectivity index (χ1v) is 10.9. The second-order valence-electron chi connectivity index (χ2n) is 7.49. The standard InChI is InChI=1S/C26H27ClN2O3/c1-30-20-14-23(31-2)25(24(15-20)32-3)26(17-8-10-19(27)11-9-17)28-13-12-18-16-29-22-7-5-4-6-21(18)22/h4-11,14-16,26,28-29H,12-13H2,1-3H3. The van der Waals surface area contributed by atoms with E-state index in [0.29, 0.717) is 22.3 Å². The molecule has 2 N–H and O–H groups in total. The second-order valence-corrected chi connectivity index (χ2v) is 7.93. The molecule has 0 fully saturated rings. The Morgan fingerprint density at radius 2 is 1.59 bits per heavy atom. The summed E-state index contributed by atoms with van der Waals surface area (Å²) < 4.78 is 16.9. The number of aromatic nitrogens is 1. The molecule has 5 nitrogen and oxygen atoms in total. The molecule has 0 radical (unpaired) electrons. The molecule has 6 heteroatoms. The predicted octanol–water partition coefficient (Wildman–Crippen LogP) is 5.77. The van der Waals surface area contributed by atoms with Crippen LogP contribution < -0.4 is 19.5 Å². The van der Waals surface area contributed by atoms with Crippen LogP contribution in [0, 0.1) is 0 Å². The smallest absolute Gasteiger partial charge is 0.131 e. The van der Waals surface area contributed by atoms with E-state index in [4.69, 9.17) is 25.8 Å². The van der Waals surface area contributed by atoms with E-state index in [1.165, 1.54) is 10.9 Å². The first kappa shape index (κ1) is 22.1. The highest BCUT2D eigenvalue weighted by atomic mass is 35.5. The lowest BCUT2D eigenvalue weighted by molar-refractivity contribution is 0.362. The largest absolute Gasteiger partial charge is 0.496 e. The molecule has 1 aromatic heterocycles. The zero-order valence-corrected chi connectivity index (χ0v) is 19.2. The third-order valence-corrected chi connectivity index (χ3v) is 5.91. The zero-order valence-electron chi connectivity index (χ0n) is 18.4. The van der Waals surface area contributed by atoms with E-state index in [9.17, 15) is 0 Å². The van der Waals surface area contributed by atoms with Gasteiger partial charge in [-0.3, -0.25) is 0 Å². The summed E-state index contributed by atoms with van der Waals surface area (Å²) >= 11 is 6.16. The van der Waals surface area contributed by atoms with Crippen molar-refractivity contribution in [3.8, 4) is 17.2 Å². The van der Waals surface area contributed by atoms with Crippen LogP contribution in [0.25, 0.3) is 10.9 Å². The number of benzene rings is 3. The topological polar surface area (TPSA) is 55.5 Å². The summed E-state index contributed by atoms with van der Waals surface area (Å²) in [5, 5.41) is 5.65. The molecule has 0 aliphatic heterocycles. The molecular weight excluding hydrogens is 424 g/mol. The normalized spacial score (nSPS) is 12.0. The van der Waals surface area contributed by atoms with Crippen LogP contribution in [0.5, 0.6) is 17.2 Å². The van der Waals surface area contributed by atoms with E-state index in [2.05, 4.69) is 34.7 Å². The van der Waals surface area contributed by atoms with Crippen molar-refractivity contribution in [2.45, 2.75) is 12.5 Å². The Kier molecular flexibility index (Phi) is 6.88. The van der Waals surface area contributed by atoms with Crippen molar-refractivity contribution in [2.24, 2.45) is 0 Å². The van der Waals surface area contributed by atoms with Crippen LogP contribution in [0.2, 0.25) is 5.02 Å². The number of methoxy groups -OCH3 is 3. The van der Waals surface area contributed by atoms with Gasteiger partial charge in [0.15, 0.2) is 0 Å². The van der Waals surface area contributed by atoms with E-state index in [0.717, 1.165) is 29.6 Å². The molecular formula is C26H27ClN2O3. The number of aromatic amines is 1. The van der Waals surface area contributed by atoms with Crippen molar-refractivity contribution in [1.82, 2.24) is 10.3 Å². The maximum atomic E-state index is 6.16. The number of hydrogen-bond donors (Lipinski definition) is 2. The number of fused-ring (bicyclic) bond motifs is 1. The van der Waals surface area contributed by atoms with Gasteiger partial charge in [0.2, 0.25) is 0 Å². The lowest BCUT2D eigenvalue weighted by Crippen LogP contribution is -2.25. The Balaban J connectivity index is 1.67. The van der Waals surface area contributed by atoms with Gasteiger partial charge in [-0.15, -0.1) is 0 Å². The van der Waals surface area contributed by atoms with Gasteiger partial charge in [0.05, 0.1) is 32.9 Å². The fraction of sp³-hybridized carbons (Fsp3) is 0.231. The average Bonchev–Trinajstić information content (AvgIpc) is 3.25. The Labute approximate surface area is 193 Å². The molecule has 0 aliphatic rings. The molecule has 0 aliphatic carbocycles. The third-order valence-electron chi connectivity index (χ3n) is 5.66. The van der Waals surface area contributed by atoms with Crippen molar-refractivity contribution in [2.75, 3.05) is 27.9 Å². The van der Waals surface area contributed by atoms with Crippen molar-refractivity contribution in [1.29, 1.82) is 0 Å². The van der Waals surface area contributed by atoms with Gasteiger partial charge in [0, 0.05) is 40.8 Å². The first-order chi connectivity index (χ1) is 15.6. The maximum absolute atomic E-state index is 6.16. The average molecular weight is 451 g/mol. The van der Waals surface area contributed by atoms with Gasteiger partial charge in [0.1, 0.15) is 17.2 Å².